The van der Waals surface area contributed by atoms with Gasteiger partial charge in [0.2, 0.25) is 0 Å². The minimum Gasteiger partial charge on any atom is -0.378 e. The van der Waals surface area contributed by atoms with Crippen molar-refractivity contribution < 1.29 is 0 Å². The number of benzene rings is 2. The minimum absolute atomic E-state index is 0.382. The lowest BCUT2D eigenvalue weighted by Crippen LogP contribution is -2.13. The van der Waals surface area contributed by atoms with Gasteiger partial charge in [0.1, 0.15) is 0 Å². The summed E-state index contributed by atoms with van der Waals surface area (Å²) in [5.41, 5.74) is 3.49. The van der Waals surface area contributed by atoms with Gasteiger partial charge in [-0.1, -0.05) is 41.9 Å². The molecule has 1 saturated carbocycles. The molecule has 3 heteroatoms. The van der Waals surface area contributed by atoms with Crippen LogP contribution in [0, 0.1) is 5.92 Å². The molecule has 3 rings (SSSR count). The Balaban J connectivity index is 1.82. The van der Waals surface area contributed by atoms with Crippen LogP contribution in [0.1, 0.15) is 24.4 Å². The van der Waals surface area contributed by atoms with Crippen LogP contribution >= 0.6 is 11.6 Å². The van der Waals surface area contributed by atoms with E-state index in [4.69, 9.17) is 11.6 Å². The third-order valence-electron chi connectivity index (χ3n) is 4.00. The van der Waals surface area contributed by atoms with Crippen molar-refractivity contribution >= 4 is 23.0 Å². The molecular formula is C18H21ClN2. The van der Waals surface area contributed by atoms with Crippen molar-refractivity contribution in [1.29, 1.82) is 0 Å². The summed E-state index contributed by atoms with van der Waals surface area (Å²) in [6, 6.07) is 17.3. The molecule has 0 aromatic heterocycles. The summed E-state index contributed by atoms with van der Waals surface area (Å²) in [5, 5.41) is 4.45. The van der Waals surface area contributed by atoms with Gasteiger partial charge in [-0.3, -0.25) is 0 Å². The number of hydrogen-bond acceptors (Lipinski definition) is 2. The zero-order valence-electron chi connectivity index (χ0n) is 12.5. The molecule has 1 atom stereocenters. The molecular weight excluding hydrogens is 280 g/mol. The van der Waals surface area contributed by atoms with Crippen molar-refractivity contribution in [1.82, 2.24) is 0 Å². The van der Waals surface area contributed by atoms with Crippen LogP contribution in [0.4, 0.5) is 11.4 Å². The highest BCUT2D eigenvalue weighted by Gasteiger charge is 2.32. The number of anilines is 2. The fourth-order valence-corrected chi connectivity index (χ4v) is 3.05. The van der Waals surface area contributed by atoms with Gasteiger partial charge >= 0.3 is 0 Å². The largest absolute Gasteiger partial charge is 0.378 e. The number of rotatable bonds is 5. The molecule has 0 amide bonds. The van der Waals surface area contributed by atoms with Crippen LogP contribution in [0.25, 0.3) is 0 Å². The highest BCUT2D eigenvalue weighted by Crippen LogP contribution is 2.43. The van der Waals surface area contributed by atoms with Gasteiger partial charge in [-0.05, 0) is 42.5 Å². The Morgan fingerprint density at radius 1 is 1.10 bits per heavy atom. The maximum absolute atomic E-state index is 6.37. The highest BCUT2D eigenvalue weighted by molar-refractivity contribution is 6.33. The molecule has 0 bridgehead atoms. The molecule has 1 aliphatic rings. The average molecular weight is 301 g/mol. The van der Waals surface area contributed by atoms with Crippen LogP contribution < -0.4 is 10.2 Å². The van der Waals surface area contributed by atoms with Crippen molar-refractivity contribution in [2.24, 2.45) is 5.92 Å². The molecule has 1 N–H and O–H groups in total. The normalized spacial score (nSPS) is 15.6. The Morgan fingerprint density at radius 2 is 1.81 bits per heavy atom. The second-order valence-corrected chi connectivity index (χ2v) is 6.34. The smallest absolute Gasteiger partial charge is 0.0659 e. The molecule has 110 valence electrons. The van der Waals surface area contributed by atoms with Crippen molar-refractivity contribution in [2.45, 2.75) is 18.9 Å². The molecule has 1 aliphatic carbocycles. The molecule has 0 heterocycles. The van der Waals surface area contributed by atoms with Gasteiger partial charge in [0.05, 0.1) is 16.8 Å². The van der Waals surface area contributed by atoms with Crippen LogP contribution in [0.15, 0.2) is 48.5 Å². The monoisotopic (exact) mass is 300 g/mol. The molecule has 1 unspecified atom stereocenters. The third-order valence-corrected chi connectivity index (χ3v) is 4.31. The topological polar surface area (TPSA) is 15.3 Å². The van der Waals surface area contributed by atoms with Crippen LogP contribution in [0.2, 0.25) is 5.02 Å². The van der Waals surface area contributed by atoms with Gasteiger partial charge in [0, 0.05) is 19.8 Å². The van der Waals surface area contributed by atoms with E-state index >= 15 is 0 Å². The summed E-state index contributed by atoms with van der Waals surface area (Å²) in [6.07, 6.45) is 2.60. The fraction of sp³-hybridized carbons (Fsp3) is 0.333. The maximum atomic E-state index is 6.37. The number of hydrogen-bond donors (Lipinski definition) is 1. The van der Waals surface area contributed by atoms with Crippen LogP contribution in [0.5, 0.6) is 0 Å². The Labute approximate surface area is 131 Å². The zero-order valence-corrected chi connectivity index (χ0v) is 13.3. The van der Waals surface area contributed by atoms with E-state index in [1.165, 1.54) is 18.4 Å². The van der Waals surface area contributed by atoms with Gasteiger partial charge in [0.15, 0.2) is 0 Å². The fourth-order valence-electron chi connectivity index (χ4n) is 2.70. The number of halogens is 1. The molecule has 1 fully saturated rings. The van der Waals surface area contributed by atoms with Crippen molar-refractivity contribution in [3.8, 4) is 0 Å². The first kappa shape index (κ1) is 14.3. The Bertz CT molecular complexity index is 606. The van der Waals surface area contributed by atoms with E-state index in [0.29, 0.717) is 6.04 Å². The molecule has 0 spiro atoms. The van der Waals surface area contributed by atoms with Gasteiger partial charge in [0.25, 0.3) is 0 Å². The summed E-state index contributed by atoms with van der Waals surface area (Å²) < 4.78 is 0. The van der Waals surface area contributed by atoms with Crippen LogP contribution in [0.3, 0.4) is 0 Å². The third kappa shape index (κ3) is 3.33. The van der Waals surface area contributed by atoms with Crippen LogP contribution in [-0.4, -0.2) is 14.1 Å². The lowest BCUT2D eigenvalue weighted by Gasteiger charge is -2.21. The van der Waals surface area contributed by atoms with Crippen molar-refractivity contribution in [2.75, 3.05) is 24.3 Å². The molecule has 2 aromatic carbocycles. The molecule has 2 nitrogen and oxygen atoms in total. The summed E-state index contributed by atoms with van der Waals surface area (Å²) in [7, 11) is 4.01. The van der Waals surface area contributed by atoms with E-state index in [1.807, 2.05) is 25.1 Å². The van der Waals surface area contributed by atoms with Gasteiger partial charge < -0.3 is 10.2 Å². The molecule has 2 aromatic rings. The number of nitrogens with one attached hydrogen (secondary N) is 1. The quantitative estimate of drug-likeness (QED) is 0.838. The predicted molar refractivity (Wildman–Crippen MR) is 91.3 cm³/mol. The Morgan fingerprint density at radius 3 is 2.38 bits per heavy atom. The molecule has 21 heavy (non-hydrogen) atoms. The maximum Gasteiger partial charge on any atom is 0.0659 e. The van der Waals surface area contributed by atoms with E-state index in [2.05, 4.69) is 47.8 Å². The van der Waals surface area contributed by atoms with E-state index < -0.39 is 0 Å². The molecule has 0 radical (unpaired) electrons. The second-order valence-electron chi connectivity index (χ2n) is 5.93. The Kier molecular flexibility index (Phi) is 4.07. The van der Waals surface area contributed by atoms with Gasteiger partial charge in [-0.2, -0.15) is 0 Å². The Hall–Kier alpha value is -1.67. The summed E-state index contributed by atoms with van der Waals surface area (Å²) in [5.74, 6) is 0.736. The van der Waals surface area contributed by atoms with Gasteiger partial charge in [-0.25, -0.2) is 0 Å². The van der Waals surface area contributed by atoms with E-state index in [0.717, 1.165) is 22.3 Å². The van der Waals surface area contributed by atoms with Gasteiger partial charge in [-0.15, -0.1) is 0 Å². The first-order chi connectivity index (χ1) is 10.1. The van der Waals surface area contributed by atoms with E-state index in [-0.39, 0.29) is 0 Å². The predicted octanol–water partition coefficient (Wildman–Crippen LogP) is 4.97. The minimum atomic E-state index is 0.382. The van der Waals surface area contributed by atoms with E-state index in [1.54, 1.807) is 0 Å². The SMILES string of the molecule is CN(C)c1ccc(NC(c2ccccc2)C2CC2)cc1Cl. The molecule has 0 aliphatic heterocycles. The van der Waals surface area contributed by atoms with Crippen molar-refractivity contribution in [3.05, 3.63) is 59.1 Å². The zero-order chi connectivity index (χ0) is 14.8. The standard InChI is InChI=1S/C18H21ClN2/c1-21(2)17-11-10-15(12-16(17)19)20-18(14-8-9-14)13-6-4-3-5-7-13/h3-7,10-12,14,18,20H,8-9H2,1-2H3. The second kappa shape index (κ2) is 5.98. The van der Waals surface area contributed by atoms with Crippen molar-refractivity contribution in [3.63, 3.8) is 0 Å². The molecule has 0 saturated heterocycles. The summed E-state index contributed by atoms with van der Waals surface area (Å²) in [4.78, 5) is 2.03. The summed E-state index contributed by atoms with van der Waals surface area (Å²) in [6.45, 7) is 0. The lowest BCUT2D eigenvalue weighted by molar-refractivity contribution is 0.679. The average Bonchev–Trinajstić information content (AvgIpc) is 3.30. The van der Waals surface area contributed by atoms with E-state index in [9.17, 15) is 0 Å². The lowest BCUT2D eigenvalue weighted by atomic mass is 10.0. The first-order valence-corrected chi connectivity index (χ1v) is 7.81. The number of nitrogens with zero attached hydrogens (tertiary/aromatic N) is 1. The highest BCUT2D eigenvalue weighted by atomic mass is 35.5. The summed E-state index contributed by atoms with van der Waals surface area (Å²) >= 11 is 6.37. The van der Waals surface area contributed by atoms with Crippen LogP contribution in [-0.2, 0) is 0 Å². The first-order valence-electron chi connectivity index (χ1n) is 7.43.